The van der Waals surface area contributed by atoms with Gasteiger partial charge in [-0.15, -0.1) is 0 Å². The molecule has 0 saturated carbocycles. The highest BCUT2D eigenvalue weighted by atomic mass is 16.5. The average Bonchev–Trinajstić information content (AvgIpc) is 2.80. The van der Waals surface area contributed by atoms with Crippen molar-refractivity contribution in [1.29, 1.82) is 5.26 Å². The molecule has 5 heteroatoms. The summed E-state index contributed by atoms with van der Waals surface area (Å²) in [6.45, 7) is 0. The first kappa shape index (κ1) is 12.1. The molecule has 0 fully saturated rings. The lowest BCUT2D eigenvalue weighted by Gasteiger charge is -2.08. The molecule has 0 unspecified atom stereocenters. The van der Waals surface area contributed by atoms with E-state index in [0.29, 0.717) is 12.0 Å². The number of nitriles is 1. The van der Waals surface area contributed by atoms with Gasteiger partial charge in [0.25, 0.3) is 0 Å². The highest BCUT2D eigenvalue weighted by molar-refractivity contribution is 5.85. The molecule has 3 N–H and O–H groups in total. The molecule has 18 heavy (non-hydrogen) atoms. The molecule has 5 nitrogen and oxygen atoms in total. The highest BCUT2D eigenvalue weighted by Gasteiger charge is 2.16. The fraction of sp³-hybridized carbons (Fsp3) is 0.231. The molecule has 1 aromatic carbocycles. The molecule has 1 aromatic heterocycles. The van der Waals surface area contributed by atoms with Crippen molar-refractivity contribution in [3.63, 3.8) is 0 Å². The number of methoxy groups -OCH3 is 1. The predicted molar refractivity (Wildman–Crippen MR) is 66.7 cm³/mol. The molecular formula is C13H13N3O2. The summed E-state index contributed by atoms with van der Waals surface area (Å²) in [5.74, 6) is -0.444. The van der Waals surface area contributed by atoms with E-state index in [1.165, 1.54) is 7.11 Å². The third-order valence-electron chi connectivity index (χ3n) is 2.84. The van der Waals surface area contributed by atoms with Gasteiger partial charge in [0.15, 0.2) is 0 Å². The Morgan fingerprint density at radius 1 is 1.61 bits per heavy atom. The Bertz CT molecular complexity index is 625. The maximum Gasteiger partial charge on any atom is 0.322 e. The number of nitrogens with zero attached hydrogens (tertiary/aromatic N) is 1. The normalized spacial score (nSPS) is 12.1. The van der Waals surface area contributed by atoms with Crippen molar-refractivity contribution >= 4 is 16.9 Å². The van der Waals surface area contributed by atoms with Gasteiger partial charge in [-0.1, -0.05) is 0 Å². The quantitative estimate of drug-likeness (QED) is 0.789. The first-order valence-electron chi connectivity index (χ1n) is 5.49. The molecule has 0 aliphatic heterocycles. The molecule has 0 saturated heterocycles. The van der Waals surface area contributed by atoms with Crippen LogP contribution in [0.25, 0.3) is 10.9 Å². The van der Waals surface area contributed by atoms with Crippen LogP contribution in [0.1, 0.15) is 11.1 Å². The summed E-state index contributed by atoms with van der Waals surface area (Å²) < 4.78 is 4.59. The molecular weight excluding hydrogens is 230 g/mol. The minimum Gasteiger partial charge on any atom is -0.468 e. The van der Waals surface area contributed by atoms with Crippen molar-refractivity contribution in [3.8, 4) is 6.07 Å². The second kappa shape index (κ2) is 4.90. The predicted octanol–water partition coefficient (Wildman–Crippen LogP) is 1.08. The lowest BCUT2D eigenvalue weighted by molar-refractivity contribution is -0.142. The molecule has 0 radical (unpaired) electrons. The number of carbonyl (C=O) groups is 1. The van der Waals surface area contributed by atoms with Gasteiger partial charge in [-0.2, -0.15) is 5.26 Å². The van der Waals surface area contributed by atoms with Crippen molar-refractivity contribution in [3.05, 3.63) is 35.5 Å². The van der Waals surface area contributed by atoms with Crippen LogP contribution >= 0.6 is 0 Å². The Balaban J connectivity index is 2.34. The summed E-state index contributed by atoms with van der Waals surface area (Å²) in [5, 5.41) is 9.79. The summed E-state index contributed by atoms with van der Waals surface area (Å²) >= 11 is 0. The van der Waals surface area contributed by atoms with E-state index in [1.54, 1.807) is 18.3 Å². The van der Waals surface area contributed by atoms with Crippen LogP contribution in [-0.4, -0.2) is 24.1 Å². The number of esters is 1. The Labute approximate surface area is 104 Å². The van der Waals surface area contributed by atoms with Gasteiger partial charge in [-0.25, -0.2) is 0 Å². The summed E-state index contributed by atoms with van der Waals surface area (Å²) in [5.41, 5.74) is 8.13. The molecule has 2 rings (SSSR count). The summed E-state index contributed by atoms with van der Waals surface area (Å²) in [7, 11) is 1.31. The van der Waals surface area contributed by atoms with Gasteiger partial charge in [0.1, 0.15) is 6.04 Å². The molecule has 0 spiro atoms. The van der Waals surface area contributed by atoms with Gasteiger partial charge in [0, 0.05) is 23.5 Å². The lowest BCUT2D eigenvalue weighted by Crippen LogP contribution is -2.33. The number of H-pyrrole nitrogens is 1. The van der Waals surface area contributed by atoms with Crippen LogP contribution in [0.15, 0.2) is 24.4 Å². The van der Waals surface area contributed by atoms with Gasteiger partial charge in [-0.05, 0) is 23.8 Å². The van der Waals surface area contributed by atoms with Crippen LogP contribution in [-0.2, 0) is 16.0 Å². The number of fused-ring (bicyclic) bond motifs is 1. The Kier molecular flexibility index (Phi) is 3.31. The Morgan fingerprint density at radius 2 is 2.39 bits per heavy atom. The molecule has 0 aliphatic rings. The topological polar surface area (TPSA) is 91.9 Å². The Hall–Kier alpha value is -2.32. The maximum absolute atomic E-state index is 11.3. The molecule has 0 aliphatic carbocycles. The van der Waals surface area contributed by atoms with Gasteiger partial charge in [0.05, 0.1) is 18.7 Å². The average molecular weight is 243 g/mol. The van der Waals surface area contributed by atoms with Gasteiger partial charge >= 0.3 is 5.97 Å². The molecule has 0 bridgehead atoms. The van der Waals surface area contributed by atoms with Crippen LogP contribution in [0.5, 0.6) is 0 Å². The van der Waals surface area contributed by atoms with E-state index in [0.717, 1.165) is 16.5 Å². The molecule has 1 heterocycles. The van der Waals surface area contributed by atoms with E-state index in [4.69, 9.17) is 11.0 Å². The van der Waals surface area contributed by atoms with Crippen LogP contribution in [0.3, 0.4) is 0 Å². The van der Waals surface area contributed by atoms with Crippen LogP contribution in [0.2, 0.25) is 0 Å². The summed E-state index contributed by atoms with van der Waals surface area (Å²) in [6, 6.07) is 6.75. The highest BCUT2D eigenvalue weighted by Crippen LogP contribution is 2.20. The standard InChI is InChI=1S/C13H13N3O2/c1-18-13(17)11(15)5-9-7-16-12-3-2-8(6-14)4-10(9)12/h2-4,7,11,16H,5,15H2,1H3/t11-/m0/s1. The van der Waals surface area contributed by atoms with E-state index < -0.39 is 12.0 Å². The first-order valence-corrected chi connectivity index (χ1v) is 5.49. The van der Waals surface area contributed by atoms with E-state index in [1.807, 2.05) is 6.07 Å². The number of carbonyl (C=O) groups excluding carboxylic acids is 1. The van der Waals surface area contributed by atoms with Crippen molar-refractivity contribution in [2.75, 3.05) is 7.11 Å². The number of benzene rings is 1. The number of rotatable bonds is 3. The SMILES string of the molecule is COC(=O)[C@@H](N)Cc1c[nH]c2ccc(C#N)cc12. The molecule has 0 amide bonds. The van der Waals surface area contributed by atoms with Crippen molar-refractivity contribution in [1.82, 2.24) is 4.98 Å². The zero-order valence-electron chi connectivity index (χ0n) is 9.93. The maximum atomic E-state index is 11.3. The van der Waals surface area contributed by atoms with E-state index in [2.05, 4.69) is 15.8 Å². The molecule has 92 valence electrons. The molecule has 2 aromatic rings. The van der Waals surface area contributed by atoms with Crippen molar-refractivity contribution < 1.29 is 9.53 Å². The third-order valence-corrected chi connectivity index (χ3v) is 2.84. The summed E-state index contributed by atoms with van der Waals surface area (Å²) in [4.78, 5) is 14.4. The fourth-order valence-corrected chi connectivity index (χ4v) is 1.89. The van der Waals surface area contributed by atoms with Crippen molar-refractivity contribution in [2.24, 2.45) is 5.73 Å². The smallest absolute Gasteiger partial charge is 0.322 e. The number of nitrogens with one attached hydrogen (secondary N) is 1. The minimum absolute atomic E-state index is 0.377. The van der Waals surface area contributed by atoms with E-state index in [-0.39, 0.29) is 0 Å². The van der Waals surface area contributed by atoms with Crippen LogP contribution in [0, 0.1) is 11.3 Å². The zero-order valence-corrected chi connectivity index (χ0v) is 9.93. The third kappa shape index (κ3) is 2.19. The van der Waals surface area contributed by atoms with E-state index in [9.17, 15) is 4.79 Å². The van der Waals surface area contributed by atoms with E-state index >= 15 is 0 Å². The van der Waals surface area contributed by atoms with Crippen molar-refractivity contribution in [2.45, 2.75) is 12.5 Å². The number of hydrogen-bond acceptors (Lipinski definition) is 4. The van der Waals surface area contributed by atoms with Gasteiger partial charge in [0.2, 0.25) is 0 Å². The summed E-state index contributed by atoms with van der Waals surface area (Å²) in [6.07, 6.45) is 2.18. The minimum atomic E-state index is -0.695. The Morgan fingerprint density at radius 3 is 3.06 bits per heavy atom. The monoisotopic (exact) mass is 243 g/mol. The first-order chi connectivity index (χ1) is 8.65. The van der Waals surface area contributed by atoms with Crippen LogP contribution < -0.4 is 5.73 Å². The number of aromatic nitrogens is 1. The lowest BCUT2D eigenvalue weighted by atomic mass is 10.0. The molecule has 1 atom stereocenters. The zero-order chi connectivity index (χ0) is 13.1. The fourth-order valence-electron chi connectivity index (χ4n) is 1.89. The second-order valence-electron chi connectivity index (χ2n) is 4.02. The van der Waals surface area contributed by atoms with Gasteiger partial charge < -0.3 is 15.5 Å². The largest absolute Gasteiger partial charge is 0.468 e. The number of aromatic amines is 1. The number of ether oxygens (including phenoxy) is 1. The second-order valence-corrected chi connectivity index (χ2v) is 4.02. The van der Waals surface area contributed by atoms with Gasteiger partial charge in [-0.3, -0.25) is 4.79 Å². The number of hydrogen-bond donors (Lipinski definition) is 2. The number of nitrogens with two attached hydrogens (primary N) is 1. The van der Waals surface area contributed by atoms with Crippen LogP contribution in [0.4, 0.5) is 0 Å².